The summed E-state index contributed by atoms with van der Waals surface area (Å²) in [6.45, 7) is 9.57. The number of ketones is 1. The first-order valence-electron chi connectivity index (χ1n) is 10.0. The number of rotatable bonds is 13. The summed E-state index contributed by atoms with van der Waals surface area (Å²) in [6.07, 6.45) is 3.60. The van der Waals surface area contributed by atoms with Crippen molar-refractivity contribution in [2.45, 2.75) is 19.3 Å². The van der Waals surface area contributed by atoms with Gasteiger partial charge in [0.05, 0.1) is 14.2 Å². The number of ether oxygens (including phenoxy) is 4. The van der Waals surface area contributed by atoms with Crippen LogP contribution in [-0.4, -0.2) is 44.3 Å². The van der Waals surface area contributed by atoms with Gasteiger partial charge in [-0.2, -0.15) is 0 Å². The van der Waals surface area contributed by atoms with Crippen molar-refractivity contribution >= 4 is 11.8 Å². The number of carboxylic acids is 1. The van der Waals surface area contributed by atoms with Gasteiger partial charge in [-0.25, -0.2) is 0 Å². The van der Waals surface area contributed by atoms with Crippen LogP contribution in [0.1, 0.15) is 34.3 Å². The second-order valence-electron chi connectivity index (χ2n) is 6.75. The molecule has 0 aliphatic carbocycles. The quantitative estimate of drug-likeness (QED) is 0.280. The molecule has 0 spiro atoms. The van der Waals surface area contributed by atoms with Crippen molar-refractivity contribution in [3.63, 3.8) is 0 Å². The van der Waals surface area contributed by atoms with Crippen molar-refractivity contribution in [1.82, 2.24) is 0 Å². The molecule has 1 N–H and O–H groups in total. The highest BCUT2D eigenvalue weighted by Gasteiger charge is 2.33. The third kappa shape index (κ3) is 5.49. The van der Waals surface area contributed by atoms with Gasteiger partial charge in [0.15, 0.2) is 17.3 Å². The van der Waals surface area contributed by atoms with E-state index in [1.807, 2.05) is 6.92 Å². The molecule has 2 aromatic rings. The number of hydrogen-bond donors (Lipinski definition) is 1. The zero-order valence-corrected chi connectivity index (χ0v) is 18.6. The summed E-state index contributed by atoms with van der Waals surface area (Å²) in [5.74, 6) is -1.76. The average Bonchev–Trinajstić information content (AvgIpc) is 2.80. The summed E-state index contributed by atoms with van der Waals surface area (Å²) in [5.41, 5.74) is 1.10. The van der Waals surface area contributed by atoms with Gasteiger partial charge in [-0.1, -0.05) is 32.2 Å². The fourth-order valence-corrected chi connectivity index (χ4v) is 3.34. The van der Waals surface area contributed by atoms with Crippen LogP contribution in [0.25, 0.3) is 0 Å². The van der Waals surface area contributed by atoms with Gasteiger partial charge < -0.3 is 24.1 Å². The van der Waals surface area contributed by atoms with Gasteiger partial charge in [0.1, 0.15) is 30.6 Å². The minimum Gasteiger partial charge on any atom is -0.493 e. The van der Waals surface area contributed by atoms with Crippen molar-refractivity contribution in [3.05, 3.63) is 72.3 Å². The standard InChI is InChI=1S/C25H28O7/c1-6-11-31-17-14-19(18(8-3)21(15-17)32-12-7-2)23(25(27)28)24(26)16-9-10-20(29-4)22(13-16)30-5/h6-7,9-10,13-15,23H,1-2,8,11-12H2,3-5H3,(H,27,28). The van der Waals surface area contributed by atoms with E-state index in [-0.39, 0.29) is 18.8 Å². The Morgan fingerprint density at radius 3 is 2.19 bits per heavy atom. The van der Waals surface area contributed by atoms with Crippen LogP contribution in [0.15, 0.2) is 55.6 Å². The molecule has 2 rings (SSSR count). The van der Waals surface area contributed by atoms with Crippen LogP contribution in [0.4, 0.5) is 0 Å². The Hall–Kier alpha value is -3.74. The minimum absolute atomic E-state index is 0.183. The Morgan fingerprint density at radius 1 is 0.969 bits per heavy atom. The molecular weight excluding hydrogens is 412 g/mol. The summed E-state index contributed by atoms with van der Waals surface area (Å²) in [5, 5.41) is 10.0. The number of Topliss-reactive ketones (excluding diaryl/α,β-unsaturated/α-hetero) is 1. The first-order valence-corrected chi connectivity index (χ1v) is 10.0. The Labute approximate surface area is 187 Å². The summed E-state index contributed by atoms with van der Waals surface area (Å²) < 4.78 is 21.9. The van der Waals surface area contributed by atoms with E-state index >= 15 is 0 Å². The topological polar surface area (TPSA) is 91.3 Å². The molecule has 1 atom stereocenters. The minimum atomic E-state index is -1.47. The van der Waals surface area contributed by atoms with Crippen LogP contribution < -0.4 is 18.9 Å². The lowest BCUT2D eigenvalue weighted by atomic mass is 9.86. The zero-order valence-electron chi connectivity index (χ0n) is 18.6. The number of methoxy groups -OCH3 is 2. The zero-order chi connectivity index (χ0) is 23.7. The van der Waals surface area contributed by atoms with Gasteiger partial charge in [-0.15, -0.1) is 0 Å². The van der Waals surface area contributed by atoms with Gasteiger partial charge in [-0.3, -0.25) is 9.59 Å². The number of hydrogen-bond acceptors (Lipinski definition) is 6. The Bertz CT molecular complexity index is 994. The first kappa shape index (κ1) is 24.5. The van der Waals surface area contributed by atoms with Crippen LogP contribution in [-0.2, 0) is 11.2 Å². The summed E-state index contributed by atoms with van der Waals surface area (Å²) in [4.78, 5) is 25.7. The maximum atomic E-state index is 13.4. The monoisotopic (exact) mass is 440 g/mol. The summed E-state index contributed by atoms with van der Waals surface area (Å²) in [6, 6.07) is 7.79. The SMILES string of the molecule is C=CCOc1cc(OCC=C)c(CC)c(C(C(=O)O)C(=O)c2ccc(OC)c(OC)c2)c1. The van der Waals surface area contributed by atoms with Crippen molar-refractivity contribution in [1.29, 1.82) is 0 Å². The molecule has 0 aliphatic heterocycles. The third-order valence-corrected chi connectivity index (χ3v) is 4.78. The van der Waals surface area contributed by atoms with E-state index in [4.69, 9.17) is 18.9 Å². The molecule has 2 aromatic carbocycles. The first-order chi connectivity index (χ1) is 15.4. The van der Waals surface area contributed by atoms with E-state index in [2.05, 4.69) is 13.2 Å². The second kappa shape index (κ2) is 11.6. The molecular formula is C25H28O7. The van der Waals surface area contributed by atoms with Crippen LogP contribution in [0.2, 0.25) is 0 Å². The molecule has 170 valence electrons. The molecule has 0 aliphatic rings. The van der Waals surface area contributed by atoms with E-state index in [1.54, 1.807) is 30.4 Å². The smallest absolute Gasteiger partial charge is 0.318 e. The van der Waals surface area contributed by atoms with Gasteiger partial charge in [0, 0.05) is 11.6 Å². The van der Waals surface area contributed by atoms with E-state index < -0.39 is 17.7 Å². The fraction of sp³-hybridized carbons (Fsp3) is 0.280. The molecule has 0 bridgehead atoms. The number of benzene rings is 2. The highest BCUT2D eigenvalue weighted by atomic mass is 16.5. The van der Waals surface area contributed by atoms with Gasteiger partial charge in [-0.05, 0) is 41.8 Å². The van der Waals surface area contributed by atoms with Crippen LogP contribution in [0.5, 0.6) is 23.0 Å². The van der Waals surface area contributed by atoms with Gasteiger partial charge in [0.2, 0.25) is 0 Å². The maximum absolute atomic E-state index is 13.4. The Morgan fingerprint density at radius 2 is 1.62 bits per heavy atom. The molecule has 0 amide bonds. The van der Waals surface area contributed by atoms with Crippen LogP contribution in [0, 0.1) is 0 Å². The van der Waals surface area contributed by atoms with Crippen molar-refractivity contribution < 1.29 is 33.6 Å². The molecule has 32 heavy (non-hydrogen) atoms. The van der Waals surface area contributed by atoms with Crippen LogP contribution in [0.3, 0.4) is 0 Å². The summed E-state index contributed by atoms with van der Waals surface area (Å²) in [7, 11) is 2.92. The number of carbonyl (C=O) groups is 2. The Balaban J connectivity index is 2.65. The molecule has 0 fully saturated rings. The number of carboxylic acid groups (broad SMARTS) is 1. The lowest BCUT2D eigenvalue weighted by Gasteiger charge is -2.21. The summed E-state index contributed by atoms with van der Waals surface area (Å²) >= 11 is 0. The largest absolute Gasteiger partial charge is 0.493 e. The highest BCUT2D eigenvalue weighted by molar-refractivity contribution is 6.13. The van der Waals surface area contributed by atoms with E-state index in [0.717, 1.165) is 0 Å². The molecule has 1 unspecified atom stereocenters. The molecule has 7 heteroatoms. The van der Waals surface area contributed by atoms with E-state index in [1.165, 1.54) is 26.4 Å². The molecule has 0 saturated carbocycles. The van der Waals surface area contributed by atoms with Crippen molar-refractivity contribution in [2.75, 3.05) is 27.4 Å². The molecule has 0 saturated heterocycles. The highest BCUT2D eigenvalue weighted by Crippen LogP contribution is 2.37. The van der Waals surface area contributed by atoms with Crippen molar-refractivity contribution in [3.8, 4) is 23.0 Å². The average molecular weight is 440 g/mol. The molecule has 0 aromatic heterocycles. The number of carbonyl (C=O) groups excluding carboxylic acids is 1. The third-order valence-electron chi connectivity index (χ3n) is 4.78. The number of aliphatic carboxylic acids is 1. The lowest BCUT2D eigenvalue weighted by molar-refractivity contribution is -0.137. The second-order valence-corrected chi connectivity index (χ2v) is 6.75. The van der Waals surface area contributed by atoms with Gasteiger partial charge >= 0.3 is 5.97 Å². The predicted molar refractivity (Wildman–Crippen MR) is 121 cm³/mol. The predicted octanol–water partition coefficient (Wildman–Crippen LogP) is 4.45. The normalized spacial score (nSPS) is 11.2. The van der Waals surface area contributed by atoms with E-state index in [0.29, 0.717) is 40.5 Å². The van der Waals surface area contributed by atoms with E-state index in [9.17, 15) is 14.7 Å². The van der Waals surface area contributed by atoms with Crippen LogP contribution >= 0.6 is 0 Å². The van der Waals surface area contributed by atoms with Gasteiger partial charge in [0.25, 0.3) is 0 Å². The Kier molecular flexibility index (Phi) is 8.89. The van der Waals surface area contributed by atoms with Crippen molar-refractivity contribution in [2.24, 2.45) is 0 Å². The fourth-order valence-electron chi connectivity index (χ4n) is 3.34. The molecule has 0 radical (unpaired) electrons. The maximum Gasteiger partial charge on any atom is 0.318 e. The molecule has 0 heterocycles. The lowest BCUT2D eigenvalue weighted by Crippen LogP contribution is -2.23. The molecule has 7 nitrogen and oxygen atoms in total.